The van der Waals surface area contributed by atoms with Crippen molar-refractivity contribution in [1.29, 1.82) is 0 Å². The maximum Gasteiger partial charge on any atom is 0.490 e. The summed E-state index contributed by atoms with van der Waals surface area (Å²) in [4.78, 5) is 34.8. The summed E-state index contributed by atoms with van der Waals surface area (Å²) < 4.78 is 31.7. The van der Waals surface area contributed by atoms with Crippen molar-refractivity contribution in [2.75, 3.05) is 11.9 Å². The second-order valence-electron chi connectivity index (χ2n) is 7.71. The number of rotatable bonds is 7. The Labute approximate surface area is 189 Å². The van der Waals surface area contributed by atoms with Crippen LogP contribution in [0.4, 0.5) is 18.9 Å². The van der Waals surface area contributed by atoms with Crippen molar-refractivity contribution in [3.8, 4) is 0 Å². The summed E-state index contributed by atoms with van der Waals surface area (Å²) in [7, 11) is 0. The summed E-state index contributed by atoms with van der Waals surface area (Å²) in [6.07, 6.45) is -2.60. The van der Waals surface area contributed by atoms with Crippen molar-refractivity contribution in [3.05, 3.63) is 42.0 Å². The predicted octanol–water partition coefficient (Wildman–Crippen LogP) is 3.57. The summed E-state index contributed by atoms with van der Waals surface area (Å²) in [5, 5.41) is 15.4. The third-order valence-electron chi connectivity index (χ3n) is 5.39. The average Bonchev–Trinajstić information content (AvgIpc) is 3.18. The van der Waals surface area contributed by atoms with Gasteiger partial charge in [0.2, 0.25) is 5.91 Å². The molecular formula is C23H28F3N3O4. The summed E-state index contributed by atoms with van der Waals surface area (Å²) in [5.41, 5.74) is 7.82. The molecule has 0 bridgehead atoms. The van der Waals surface area contributed by atoms with Crippen molar-refractivity contribution in [1.82, 2.24) is 5.32 Å². The fraction of sp³-hybridized carbons (Fsp3) is 0.435. The molecule has 2 aromatic carbocycles. The van der Waals surface area contributed by atoms with Crippen molar-refractivity contribution in [2.45, 2.75) is 57.3 Å². The molecule has 3 rings (SSSR count). The Balaban J connectivity index is 0.000000479. The van der Waals surface area contributed by atoms with Gasteiger partial charge in [-0.1, -0.05) is 50.6 Å². The van der Waals surface area contributed by atoms with Gasteiger partial charge in [-0.05, 0) is 35.2 Å². The SMILES string of the molecule is CCCCNC(=O)[C@H]1Nc2ccc3ccccc3c2C1C(=O)[C@@H](N)CC.O=C(O)C(F)(F)F. The van der Waals surface area contributed by atoms with E-state index >= 15 is 0 Å². The monoisotopic (exact) mass is 467 g/mol. The van der Waals surface area contributed by atoms with Crippen molar-refractivity contribution in [2.24, 2.45) is 5.73 Å². The van der Waals surface area contributed by atoms with E-state index in [1.54, 1.807) is 0 Å². The maximum atomic E-state index is 13.1. The molecule has 0 saturated carbocycles. The molecule has 3 atom stereocenters. The number of unbranched alkanes of at least 4 members (excludes halogenated alkanes) is 1. The number of carbonyl (C=O) groups excluding carboxylic acids is 2. The normalized spacial score (nSPS) is 17.9. The number of nitrogens with one attached hydrogen (secondary N) is 2. The van der Waals surface area contributed by atoms with Gasteiger partial charge >= 0.3 is 12.1 Å². The Morgan fingerprint density at radius 3 is 2.36 bits per heavy atom. The zero-order valence-electron chi connectivity index (χ0n) is 18.4. The molecule has 0 fully saturated rings. The first-order chi connectivity index (χ1) is 15.5. The first-order valence-corrected chi connectivity index (χ1v) is 10.7. The molecular weight excluding hydrogens is 439 g/mol. The Hall–Kier alpha value is -3.14. The number of carboxylic acid groups (broad SMARTS) is 1. The topological polar surface area (TPSA) is 122 Å². The Morgan fingerprint density at radius 2 is 1.79 bits per heavy atom. The van der Waals surface area contributed by atoms with Crippen LogP contribution in [0.5, 0.6) is 0 Å². The molecule has 1 aliphatic heterocycles. The number of aliphatic carboxylic acids is 1. The number of carbonyl (C=O) groups is 3. The number of alkyl halides is 3. The van der Waals surface area contributed by atoms with E-state index in [9.17, 15) is 22.8 Å². The molecule has 0 spiro atoms. The zero-order chi connectivity index (χ0) is 24.8. The van der Waals surface area contributed by atoms with Crippen LogP contribution in [0, 0.1) is 0 Å². The number of Topliss-reactive ketones (excluding diaryl/α,β-unsaturated/α-hetero) is 1. The summed E-state index contributed by atoms with van der Waals surface area (Å²) >= 11 is 0. The van der Waals surface area contributed by atoms with Crippen LogP contribution in [0.3, 0.4) is 0 Å². The number of carboxylic acids is 1. The third-order valence-corrected chi connectivity index (χ3v) is 5.39. The fourth-order valence-corrected chi connectivity index (χ4v) is 3.63. The van der Waals surface area contributed by atoms with Crippen LogP contribution in [0.25, 0.3) is 10.8 Å². The molecule has 0 aliphatic carbocycles. The Bertz CT molecular complexity index is 1010. The number of hydrogen-bond donors (Lipinski definition) is 4. The van der Waals surface area contributed by atoms with Crippen LogP contribution in [0.1, 0.15) is 44.6 Å². The number of fused-ring (bicyclic) bond motifs is 3. The van der Waals surface area contributed by atoms with E-state index in [0.717, 1.165) is 34.9 Å². The summed E-state index contributed by atoms with van der Waals surface area (Å²) in [5.74, 6) is -3.54. The number of anilines is 1. The largest absolute Gasteiger partial charge is 0.490 e. The minimum absolute atomic E-state index is 0.0780. The van der Waals surface area contributed by atoms with E-state index < -0.39 is 30.1 Å². The second kappa shape index (κ2) is 11.1. The van der Waals surface area contributed by atoms with Gasteiger partial charge in [0, 0.05) is 12.2 Å². The Morgan fingerprint density at radius 1 is 1.15 bits per heavy atom. The van der Waals surface area contributed by atoms with E-state index in [0.29, 0.717) is 13.0 Å². The summed E-state index contributed by atoms with van der Waals surface area (Å²) in [6, 6.07) is 10.7. The molecule has 33 heavy (non-hydrogen) atoms. The molecule has 2 aromatic rings. The van der Waals surface area contributed by atoms with E-state index in [2.05, 4.69) is 17.6 Å². The van der Waals surface area contributed by atoms with E-state index in [4.69, 9.17) is 15.6 Å². The lowest BCUT2D eigenvalue weighted by atomic mass is 9.84. The lowest BCUT2D eigenvalue weighted by Crippen LogP contribution is -2.46. The van der Waals surface area contributed by atoms with Gasteiger partial charge in [-0.2, -0.15) is 13.2 Å². The molecule has 7 nitrogen and oxygen atoms in total. The van der Waals surface area contributed by atoms with Gasteiger partial charge in [0.15, 0.2) is 5.78 Å². The van der Waals surface area contributed by atoms with Crippen molar-refractivity contribution in [3.63, 3.8) is 0 Å². The summed E-state index contributed by atoms with van der Waals surface area (Å²) in [6.45, 7) is 4.59. The fourth-order valence-electron chi connectivity index (χ4n) is 3.63. The molecule has 0 saturated heterocycles. The highest BCUT2D eigenvalue weighted by Gasteiger charge is 2.43. The predicted molar refractivity (Wildman–Crippen MR) is 119 cm³/mol. The number of ketones is 1. The van der Waals surface area contributed by atoms with Crippen LogP contribution in [0.15, 0.2) is 36.4 Å². The smallest absolute Gasteiger partial charge is 0.475 e. The van der Waals surface area contributed by atoms with Crippen LogP contribution in [0.2, 0.25) is 0 Å². The van der Waals surface area contributed by atoms with E-state index in [-0.39, 0.29) is 11.7 Å². The lowest BCUT2D eigenvalue weighted by Gasteiger charge is -2.22. The Kier molecular flexibility index (Phi) is 8.81. The quantitative estimate of drug-likeness (QED) is 0.462. The molecule has 5 N–H and O–H groups in total. The van der Waals surface area contributed by atoms with Crippen LogP contribution in [-0.2, 0) is 14.4 Å². The van der Waals surface area contributed by atoms with Crippen LogP contribution in [-0.4, -0.2) is 47.6 Å². The van der Waals surface area contributed by atoms with Crippen LogP contribution < -0.4 is 16.4 Å². The number of halogens is 3. The van der Waals surface area contributed by atoms with Crippen molar-refractivity contribution >= 4 is 34.1 Å². The van der Waals surface area contributed by atoms with Gasteiger partial charge in [0.05, 0.1) is 12.0 Å². The molecule has 180 valence electrons. The number of nitrogens with two attached hydrogens (primary N) is 1. The van der Waals surface area contributed by atoms with Gasteiger partial charge in [-0.25, -0.2) is 4.79 Å². The second-order valence-corrected chi connectivity index (χ2v) is 7.71. The highest BCUT2D eigenvalue weighted by atomic mass is 19.4. The minimum atomic E-state index is -5.08. The highest BCUT2D eigenvalue weighted by Crippen LogP contribution is 2.42. The number of hydrogen-bond acceptors (Lipinski definition) is 5. The molecule has 10 heteroatoms. The van der Waals surface area contributed by atoms with Crippen molar-refractivity contribution < 1.29 is 32.7 Å². The third kappa shape index (κ3) is 6.22. The van der Waals surface area contributed by atoms with Gasteiger partial charge in [-0.3, -0.25) is 9.59 Å². The van der Waals surface area contributed by atoms with Gasteiger partial charge in [-0.15, -0.1) is 0 Å². The number of benzene rings is 2. The average molecular weight is 467 g/mol. The van der Waals surface area contributed by atoms with Gasteiger partial charge in [0.25, 0.3) is 0 Å². The maximum absolute atomic E-state index is 13.1. The molecule has 0 radical (unpaired) electrons. The highest BCUT2D eigenvalue weighted by molar-refractivity contribution is 6.06. The molecule has 1 unspecified atom stereocenters. The molecule has 1 heterocycles. The molecule has 1 amide bonds. The van der Waals surface area contributed by atoms with Gasteiger partial charge < -0.3 is 21.5 Å². The first-order valence-electron chi connectivity index (χ1n) is 10.7. The minimum Gasteiger partial charge on any atom is -0.475 e. The zero-order valence-corrected chi connectivity index (χ0v) is 18.4. The first kappa shape index (κ1) is 26.1. The molecule has 0 aromatic heterocycles. The molecule has 1 aliphatic rings. The van der Waals surface area contributed by atoms with Crippen LogP contribution >= 0.6 is 0 Å². The van der Waals surface area contributed by atoms with E-state index in [1.165, 1.54) is 0 Å². The lowest BCUT2D eigenvalue weighted by molar-refractivity contribution is -0.192. The standard InChI is InChI=1S/C21H27N3O2.C2HF3O2/c1-3-5-12-23-21(26)19-18(20(25)15(22)4-2)17-14-9-7-6-8-13(14)10-11-16(17)24-19;3-2(4,5)1(6)7/h6-11,15,18-19,24H,3-5,12,22H2,1-2H3,(H,23,26);(H,6,7)/t15-,18?,19-;/m0./s1. The van der Waals surface area contributed by atoms with E-state index in [1.807, 2.05) is 43.3 Å². The number of amides is 1. The van der Waals surface area contributed by atoms with Gasteiger partial charge in [0.1, 0.15) is 6.04 Å².